The van der Waals surface area contributed by atoms with E-state index in [0.717, 1.165) is 0 Å². The molecule has 3 aromatic rings. The summed E-state index contributed by atoms with van der Waals surface area (Å²) in [5.74, 6) is -0.414. The van der Waals surface area contributed by atoms with Gasteiger partial charge in [0, 0.05) is 5.69 Å². The van der Waals surface area contributed by atoms with Crippen LogP contribution in [0.1, 0.15) is 10.4 Å². The van der Waals surface area contributed by atoms with Crippen molar-refractivity contribution in [2.24, 2.45) is 0 Å². The van der Waals surface area contributed by atoms with Crippen molar-refractivity contribution in [2.75, 3.05) is 5.32 Å². The van der Waals surface area contributed by atoms with Gasteiger partial charge in [-0.15, -0.1) is 0 Å². The van der Waals surface area contributed by atoms with Gasteiger partial charge in [0.15, 0.2) is 0 Å². The van der Waals surface area contributed by atoms with Crippen molar-refractivity contribution in [1.82, 2.24) is 9.97 Å². The van der Waals surface area contributed by atoms with Gasteiger partial charge in [-0.05, 0) is 30.3 Å². The Hall–Kier alpha value is -2.24. The van der Waals surface area contributed by atoms with Crippen molar-refractivity contribution in [1.29, 1.82) is 0 Å². The molecule has 0 spiro atoms. The Bertz CT molecular complexity index is 878. The Morgan fingerprint density at radius 1 is 1.00 bits per heavy atom. The number of H-pyrrole nitrogens is 2. The van der Waals surface area contributed by atoms with Crippen molar-refractivity contribution < 1.29 is 4.79 Å². The standard InChI is InChI=1S/C14H9Cl2N3O2/c15-8-2-1-3-9(16)12(8)13(20)17-7-4-5-10-11(6-7)19-14(21)18-10/h1-6H,(H,17,20)(H2,18,19,21). The molecule has 0 bridgehead atoms. The highest BCUT2D eigenvalue weighted by Gasteiger charge is 2.14. The highest BCUT2D eigenvalue weighted by atomic mass is 35.5. The van der Waals surface area contributed by atoms with Gasteiger partial charge in [0.25, 0.3) is 5.91 Å². The highest BCUT2D eigenvalue weighted by molar-refractivity contribution is 6.40. The van der Waals surface area contributed by atoms with Crippen LogP contribution in [0.25, 0.3) is 11.0 Å². The van der Waals surface area contributed by atoms with E-state index in [1.54, 1.807) is 36.4 Å². The van der Waals surface area contributed by atoms with E-state index < -0.39 is 5.91 Å². The Balaban J connectivity index is 1.94. The molecule has 0 aliphatic rings. The summed E-state index contributed by atoms with van der Waals surface area (Å²) < 4.78 is 0. The van der Waals surface area contributed by atoms with Crippen molar-refractivity contribution in [2.45, 2.75) is 0 Å². The van der Waals surface area contributed by atoms with E-state index in [0.29, 0.717) is 16.7 Å². The fourth-order valence-corrected chi connectivity index (χ4v) is 2.59. The molecule has 106 valence electrons. The van der Waals surface area contributed by atoms with Gasteiger partial charge in [0.2, 0.25) is 0 Å². The van der Waals surface area contributed by atoms with Crippen LogP contribution in [-0.2, 0) is 0 Å². The number of anilines is 1. The summed E-state index contributed by atoms with van der Waals surface area (Å²) in [6, 6.07) is 9.87. The number of halogens is 2. The smallest absolute Gasteiger partial charge is 0.322 e. The number of amides is 1. The number of carbonyl (C=O) groups is 1. The zero-order chi connectivity index (χ0) is 15.0. The molecule has 0 unspecified atom stereocenters. The predicted octanol–water partition coefficient (Wildman–Crippen LogP) is 3.42. The lowest BCUT2D eigenvalue weighted by Crippen LogP contribution is -2.13. The maximum absolute atomic E-state index is 12.2. The van der Waals surface area contributed by atoms with E-state index in [1.807, 2.05) is 0 Å². The second-order valence-electron chi connectivity index (χ2n) is 4.39. The summed E-state index contributed by atoms with van der Waals surface area (Å²) >= 11 is 12.0. The van der Waals surface area contributed by atoms with E-state index in [1.165, 1.54) is 0 Å². The van der Waals surface area contributed by atoms with Crippen LogP contribution in [0.15, 0.2) is 41.2 Å². The number of hydrogen-bond donors (Lipinski definition) is 3. The molecule has 21 heavy (non-hydrogen) atoms. The lowest BCUT2D eigenvalue weighted by atomic mass is 10.2. The van der Waals surface area contributed by atoms with Crippen molar-refractivity contribution in [3.63, 3.8) is 0 Å². The summed E-state index contributed by atoms with van der Waals surface area (Å²) in [4.78, 5) is 28.7. The van der Waals surface area contributed by atoms with Gasteiger partial charge in [0.05, 0.1) is 26.6 Å². The SMILES string of the molecule is O=C(Nc1ccc2[nH]c(=O)[nH]c2c1)c1c(Cl)cccc1Cl. The number of aromatic amines is 2. The summed E-state index contributed by atoms with van der Waals surface area (Å²) in [7, 11) is 0. The van der Waals surface area contributed by atoms with Crippen molar-refractivity contribution in [3.8, 4) is 0 Å². The first kappa shape index (κ1) is 13.7. The van der Waals surface area contributed by atoms with Crippen LogP contribution in [0.3, 0.4) is 0 Å². The monoisotopic (exact) mass is 321 g/mol. The average molecular weight is 322 g/mol. The molecule has 3 rings (SSSR count). The van der Waals surface area contributed by atoms with Crippen LogP contribution >= 0.6 is 23.2 Å². The molecular formula is C14H9Cl2N3O2. The largest absolute Gasteiger partial charge is 0.323 e. The molecule has 2 aromatic carbocycles. The number of carbonyl (C=O) groups excluding carboxylic acids is 1. The van der Waals surface area contributed by atoms with E-state index in [-0.39, 0.29) is 21.3 Å². The van der Waals surface area contributed by atoms with Crippen LogP contribution < -0.4 is 11.0 Å². The van der Waals surface area contributed by atoms with Crippen molar-refractivity contribution >= 4 is 45.8 Å². The van der Waals surface area contributed by atoms with Gasteiger partial charge in [-0.3, -0.25) is 4.79 Å². The summed E-state index contributed by atoms with van der Waals surface area (Å²) in [6.07, 6.45) is 0. The Morgan fingerprint density at radius 3 is 2.38 bits per heavy atom. The number of aromatic nitrogens is 2. The van der Waals surface area contributed by atoms with Crippen LogP contribution in [0, 0.1) is 0 Å². The van der Waals surface area contributed by atoms with Gasteiger partial charge in [-0.25, -0.2) is 4.79 Å². The van der Waals surface area contributed by atoms with Crippen LogP contribution in [0.2, 0.25) is 10.0 Å². The summed E-state index contributed by atoms with van der Waals surface area (Å²) in [5.41, 5.74) is 1.70. The molecule has 0 aliphatic heterocycles. The van der Waals surface area contributed by atoms with Crippen LogP contribution in [0.5, 0.6) is 0 Å². The molecule has 0 radical (unpaired) electrons. The first-order chi connectivity index (χ1) is 10.0. The average Bonchev–Trinajstić information content (AvgIpc) is 2.77. The summed E-state index contributed by atoms with van der Waals surface area (Å²) in [6.45, 7) is 0. The molecule has 1 aromatic heterocycles. The van der Waals surface area contributed by atoms with Gasteiger partial charge in [-0.2, -0.15) is 0 Å². The highest BCUT2D eigenvalue weighted by Crippen LogP contribution is 2.25. The number of imidazole rings is 1. The Labute approximate surface area is 128 Å². The normalized spacial score (nSPS) is 10.8. The number of nitrogens with one attached hydrogen (secondary N) is 3. The molecule has 7 heteroatoms. The third-order valence-corrected chi connectivity index (χ3v) is 3.59. The Kier molecular flexibility index (Phi) is 3.45. The third kappa shape index (κ3) is 2.66. The molecule has 1 heterocycles. The molecule has 0 saturated heterocycles. The Morgan fingerprint density at radius 2 is 1.67 bits per heavy atom. The minimum Gasteiger partial charge on any atom is -0.322 e. The van der Waals surface area contributed by atoms with Gasteiger partial charge in [0.1, 0.15) is 0 Å². The number of rotatable bonds is 2. The fourth-order valence-electron chi connectivity index (χ4n) is 2.02. The molecule has 0 fully saturated rings. The van der Waals surface area contributed by atoms with Crippen molar-refractivity contribution in [3.05, 3.63) is 62.5 Å². The third-order valence-electron chi connectivity index (χ3n) is 2.96. The zero-order valence-electron chi connectivity index (χ0n) is 10.5. The lowest BCUT2D eigenvalue weighted by Gasteiger charge is -2.08. The first-order valence-corrected chi connectivity index (χ1v) is 6.77. The first-order valence-electron chi connectivity index (χ1n) is 6.02. The second kappa shape index (κ2) is 5.27. The number of hydrogen-bond acceptors (Lipinski definition) is 2. The number of benzene rings is 2. The van der Waals surface area contributed by atoms with Gasteiger partial charge < -0.3 is 15.3 Å². The van der Waals surface area contributed by atoms with E-state index in [4.69, 9.17) is 23.2 Å². The van der Waals surface area contributed by atoms with Gasteiger partial charge >= 0.3 is 5.69 Å². The maximum atomic E-state index is 12.2. The molecule has 3 N–H and O–H groups in total. The molecule has 5 nitrogen and oxygen atoms in total. The molecule has 0 aliphatic carbocycles. The van der Waals surface area contributed by atoms with E-state index in [9.17, 15) is 9.59 Å². The zero-order valence-corrected chi connectivity index (χ0v) is 12.0. The molecule has 1 amide bonds. The number of fused-ring (bicyclic) bond motifs is 1. The van der Waals surface area contributed by atoms with Crippen LogP contribution in [-0.4, -0.2) is 15.9 Å². The predicted molar refractivity (Wildman–Crippen MR) is 83.3 cm³/mol. The quantitative estimate of drug-likeness (QED) is 0.676. The fraction of sp³-hybridized carbons (Fsp3) is 0. The molecule has 0 saturated carbocycles. The minimum absolute atomic E-state index is 0.212. The minimum atomic E-state index is -0.414. The van der Waals surface area contributed by atoms with Crippen LogP contribution in [0.4, 0.5) is 5.69 Å². The topological polar surface area (TPSA) is 77.8 Å². The molecular weight excluding hydrogens is 313 g/mol. The van der Waals surface area contributed by atoms with E-state index >= 15 is 0 Å². The second-order valence-corrected chi connectivity index (χ2v) is 5.20. The van der Waals surface area contributed by atoms with E-state index in [2.05, 4.69) is 15.3 Å². The summed E-state index contributed by atoms with van der Waals surface area (Å²) in [5, 5.41) is 3.25. The molecule has 0 atom stereocenters. The maximum Gasteiger partial charge on any atom is 0.323 e. The lowest BCUT2D eigenvalue weighted by molar-refractivity contribution is 0.102. The van der Waals surface area contributed by atoms with Gasteiger partial charge in [-0.1, -0.05) is 29.3 Å².